The smallest absolute Gasteiger partial charge is 0.353 e. The zero-order chi connectivity index (χ0) is 15.7. The van der Waals surface area contributed by atoms with E-state index in [-0.39, 0.29) is 36.0 Å². The predicted molar refractivity (Wildman–Crippen MR) is 74.0 cm³/mol. The van der Waals surface area contributed by atoms with Crippen LogP contribution < -0.4 is 5.73 Å². The number of hydrogen-bond acceptors (Lipinski definition) is 8. The van der Waals surface area contributed by atoms with Crippen LogP contribution in [0, 0.1) is 6.08 Å². The van der Waals surface area contributed by atoms with Crippen molar-refractivity contribution in [3.8, 4) is 0 Å². The van der Waals surface area contributed by atoms with Crippen molar-refractivity contribution in [1.82, 2.24) is 19.5 Å². The van der Waals surface area contributed by atoms with Gasteiger partial charge >= 0.3 is 14.5 Å². The molecule has 3 rings (SSSR count). The van der Waals surface area contributed by atoms with E-state index in [9.17, 15) is 14.1 Å². The molecule has 1 saturated heterocycles. The Morgan fingerprint density at radius 2 is 2.41 bits per heavy atom. The van der Waals surface area contributed by atoms with Crippen LogP contribution in [0.3, 0.4) is 0 Å². The first-order valence-corrected chi connectivity index (χ1v) is 7.63. The van der Waals surface area contributed by atoms with Crippen LogP contribution in [0.25, 0.3) is 11.2 Å². The van der Waals surface area contributed by atoms with Crippen molar-refractivity contribution < 1.29 is 23.5 Å². The number of nitrogens with zero attached hydrogens (tertiary/aromatic N) is 4. The quantitative estimate of drug-likeness (QED) is 0.452. The molecule has 1 aliphatic heterocycles. The molecule has 4 unspecified atom stereocenters. The van der Waals surface area contributed by atoms with Crippen molar-refractivity contribution in [2.75, 3.05) is 18.7 Å². The van der Waals surface area contributed by atoms with Crippen molar-refractivity contribution in [2.24, 2.45) is 0 Å². The van der Waals surface area contributed by atoms with E-state index in [1.807, 2.05) is 0 Å². The molecular formula is C11H14FN5O4P+. The van der Waals surface area contributed by atoms with Gasteiger partial charge < -0.3 is 20.3 Å². The summed E-state index contributed by atoms with van der Waals surface area (Å²) < 4.78 is 35.9. The number of aromatic nitrogens is 4. The Balaban J connectivity index is 1.83. The van der Waals surface area contributed by atoms with E-state index in [0.29, 0.717) is 6.42 Å². The van der Waals surface area contributed by atoms with Gasteiger partial charge in [0, 0.05) is 6.42 Å². The molecule has 2 aromatic heterocycles. The molecule has 0 amide bonds. The van der Waals surface area contributed by atoms with Gasteiger partial charge in [-0.25, -0.2) is 4.98 Å². The van der Waals surface area contributed by atoms with Crippen LogP contribution in [0.15, 0.2) is 6.33 Å². The van der Waals surface area contributed by atoms with Gasteiger partial charge in [0.25, 0.3) is 0 Å². The van der Waals surface area contributed by atoms with Crippen LogP contribution in [0.2, 0.25) is 0 Å². The summed E-state index contributed by atoms with van der Waals surface area (Å²) in [5.41, 5.74) is 5.98. The lowest BCUT2D eigenvalue weighted by atomic mass is 10.2. The molecule has 4 atom stereocenters. The molecule has 9 nitrogen and oxygen atoms in total. The molecule has 1 fully saturated rings. The number of ether oxygens (including phenoxy) is 2. The third-order valence-electron chi connectivity index (χ3n) is 3.33. The molecule has 2 aromatic rings. The van der Waals surface area contributed by atoms with Gasteiger partial charge in [0.1, 0.15) is 6.10 Å². The highest BCUT2D eigenvalue weighted by Gasteiger charge is 2.36. The Morgan fingerprint density at radius 3 is 3.18 bits per heavy atom. The van der Waals surface area contributed by atoms with Crippen molar-refractivity contribution in [3.63, 3.8) is 0 Å². The zero-order valence-electron chi connectivity index (χ0n) is 11.3. The van der Waals surface area contributed by atoms with E-state index in [0.717, 1.165) is 0 Å². The molecule has 0 saturated carbocycles. The van der Waals surface area contributed by atoms with Gasteiger partial charge in [0.2, 0.25) is 6.35 Å². The molecule has 11 heteroatoms. The summed E-state index contributed by atoms with van der Waals surface area (Å²) >= 11 is 0. The number of fused-ring (bicyclic) bond motifs is 1. The van der Waals surface area contributed by atoms with Crippen molar-refractivity contribution in [1.29, 1.82) is 0 Å². The van der Waals surface area contributed by atoms with Crippen molar-refractivity contribution in [3.05, 3.63) is 12.4 Å². The first kappa shape index (κ1) is 15.2. The second kappa shape index (κ2) is 6.17. The molecule has 22 heavy (non-hydrogen) atoms. The van der Waals surface area contributed by atoms with Crippen LogP contribution in [0.4, 0.5) is 10.2 Å². The maximum atomic E-state index is 13.3. The average Bonchev–Trinajstić information content (AvgIpc) is 3.03. The third-order valence-corrected chi connectivity index (χ3v) is 3.65. The van der Waals surface area contributed by atoms with E-state index in [4.69, 9.17) is 15.2 Å². The highest BCUT2D eigenvalue weighted by molar-refractivity contribution is 7.23. The lowest BCUT2D eigenvalue weighted by molar-refractivity contribution is -0.0557. The second-order valence-corrected chi connectivity index (χ2v) is 5.39. The van der Waals surface area contributed by atoms with Gasteiger partial charge in [0.15, 0.2) is 23.2 Å². The number of nitrogen functional groups attached to an aromatic ring is 1. The minimum atomic E-state index is -0.976. The fourth-order valence-electron chi connectivity index (χ4n) is 2.42. The summed E-state index contributed by atoms with van der Waals surface area (Å²) in [6.45, 7) is 0.209. The van der Waals surface area contributed by atoms with Crippen molar-refractivity contribution >= 4 is 25.4 Å². The van der Waals surface area contributed by atoms with Gasteiger partial charge in [-0.05, 0) is 0 Å². The maximum Gasteiger partial charge on any atom is 0.353 e. The van der Waals surface area contributed by atoms with Crippen LogP contribution in [0.1, 0.15) is 12.6 Å². The Bertz CT molecular complexity index is 698. The molecule has 0 bridgehead atoms. The fraction of sp³-hybridized carbons (Fsp3) is 0.545. The van der Waals surface area contributed by atoms with E-state index in [1.165, 1.54) is 10.9 Å². The fourth-order valence-corrected chi connectivity index (χ4v) is 2.62. The van der Waals surface area contributed by atoms with Crippen LogP contribution in [-0.2, 0) is 14.0 Å². The molecular weight excluding hydrogens is 316 g/mol. The number of nitrogens with two attached hydrogens (primary N) is 1. The Morgan fingerprint density at radius 1 is 1.59 bits per heavy atom. The molecule has 3 heterocycles. The van der Waals surface area contributed by atoms with E-state index in [1.54, 1.807) is 0 Å². The summed E-state index contributed by atoms with van der Waals surface area (Å²) in [5, 5.41) is 10.1. The SMILES string of the molecule is Nc1nc(F)nc2c1ncn2C1OC(COC[PH+]=O)CC1O. The minimum absolute atomic E-state index is 0.0787. The highest BCUT2D eigenvalue weighted by Crippen LogP contribution is 2.31. The number of rotatable bonds is 5. The van der Waals surface area contributed by atoms with E-state index in [2.05, 4.69) is 15.0 Å². The lowest BCUT2D eigenvalue weighted by Gasteiger charge is -2.16. The number of aliphatic hydroxyl groups is 1. The Labute approximate surface area is 125 Å². The number of anilines is 1. The third kappa shape index (κ3) is 2.78. The number of aliphatic hydroxyl groups excluding tert-OH is 1. The first-order valence-electron chi connectivity index (χ1n) is 6.52. The zero-order valence-corrected chi connectivity index (χ0v) is 12.3. The predicted octanol–water partition coefficient (Wildman–Crippen LogP) is 0.194. The molecule has 0 radical (unpaired) electrons. The highest BCUT2D eigenvalue weighted by atomic mass is 31.1. The summed E-state index contributed by atoms with van der Waals surface area (Å²) in [6, 6.07) is 0. The van der Waals surface area contributed by atoms with E-state index < -0.39 is 26.9 Å². The van der Waals surface area contributed by atoms with Gasteiger partial charge in [0.05, 0.1) is 19.0 Å². The van der Waals surface area contributed by atoms with Crippen molar-refractivity contribution in [2.45, 2.75) is 24.9 Å². The van der Waals surface area contributed by atoms with Crippen LogP contribution >= 0.6 is 8.46 Å². The minimum Gasteiger partial charge on any atom is -0.388 e. The molecule has 0 spiro atoms. The average molecular weight is 330 g/mol. The standard InChI is InChI=1S/C11H13FN5O4P/c12-11-15-8(13)7-9(16-11)17(3-14-7)10-6(18)1-5(21-10)2-20-4-22-19/h3,5-6,10,18H,1-2,4H2,(H2,13,15,16)/p+1. The number of hydrogen-bond donors (Lipinski definition) is 2. The van der Waals surface area contributed by atoms with Gasteiger partial charge in [-0.1, -0.05) is 4.57 Å². The van der Waals surface area contributed by atoms with Gasteiger partial charge in [-0.2, -0.15) is 14.4 Å². The van der Waals surface area contributed by atoms with Crippen LogP contribution in [0.5, 0.6) is 0 Å². The lowest BCUT2D eigenvalue weighted by Crippen LogP contribution is -2.19. The topological polar surface area (TPSA) is 125 Å². The summed E-state index contributed by atoms with van der Waals surface area (Å²) in [5.74, 6) is -0.0787. The Kier molecular flexibility index (Phi) is 4.25. The first-order chi connectivity index (χ1) is 10.6. The summed E-state index contributed by atoms with van der Waals surface area (Å²) in [6.07, 6.45) is -1.14. The Hall–Kier alpha value is -1.74. The normalized spacial score (nSPS) is 25.3. The van der Waals surface area contributed by atoms with Gasteiger partial charge in [-0.3, -0.25) is 4.57 Å². The molecule has 1 aliphatic rings. The molecule has 118 valence electrons. The molecule has 3 N–H and O–H groups in total. The van der Waals surface area contributed by atoms with Crippen LogP contribution in [-0.4, -0.2) is 49.8 Å². The second-order valence-electron chi connectivity index (χ2n) is 4.81. The monoisotopic (exact) mass is 330 g/mol. The summed E-state index contributed by atoms with van der Waals surface area (Å²) in [7, 11) is -0.548. The van der Waals surface area contributed by atoms with Gasteiger partial charge in [-0.15, -0.1) is 0 Å². The number of halogens is 1. The largest absolute Gasteiger partial charge is 0.388 e. The molecule has 0 aliphatic carbocycles. The van der Waals surface area contributed by atoms with E-state index >= 15 is 0 Å². The maximum absolute atomic E-state index is 13.3. The number of imidazole rings is 1. The summed E-state index contributed by atoms with van der Waals surface area (Å²) in [4.78, 5) is 11.1. The molecule has 0 aromatic carbocycles.